The second-order valence-corrected chi connectivity index (χ2v) is 8.24. The number of hydrogen-bond acceptors (Lipinski definition) is 9. The molecule has 0 aliphatic heterocycles. The van der Waals surface area contributed by atoms with E-state index in [-0.39, 0.29) is 23.1 Å². The summed E-state index contributed by atoms with van der Waals surface area (Å²) in [5.41, 5.74) is 2.87. The van der Waals surface area contributed by atoms with Crippen LogP contribution >= 0.6 is 0 Å². The highest BCUT2D eigenvalue weighted by Gasteiger charge is 2.21. The highest BCUT2D eigenvalue weighted by molar-refractivity contribution is 5.84. The molecule has 0 saturated carbocycles. The molecule has 1 heterocycles. The summed E-state index contributed by atoms with van der Waals surface area (Å²) in [6, 6.07) is 20.2. The minimum Gasteiger partial charge on any atom is -0.507 e. The van der Waals surface area contributed by atoms with Gasteiger partial charge in [-0.2, -0.15) is 0 Å². The number of oxazole rings is 1. The molecule has 0 unspecified atom stereocenters. The van der Waals surface area contributed by atoms with Crippen LogP contribution in [0, 0.1) is 27.2 Å². The van der Waals surface area contributed by atoms with Crippen LogP contribution in [0.15, 0.2) is 88.3 Å². The van der Waals surface area contributed by atoms with E-state index in [1.54, 1.807) is 48.7 Å². The lowest BCUT2D eigenvalue weighted by Gasteiger charge is -2.07. The number of para-hydroxylation sites is 1. The van der Waals surface area contributed by atoms with Crippen molar-refractivity contribution >= 4 is 34.4 Å². The van der Waals surface area contributed by atoms with Crippen LogP contribution in [0.4, 0.5) is 17.1 Å². The molecule has 1 aromatic heterocycles. The SMILES string of the molecule is Cc1cccc2oc(-c3cc(N=Cc4cccc(Oc5ccc([N+](=O)[O-])cc5[N+](=O)[O-])c4)ccc3O)nc12. The predicted octanol–water partition coefficient (Wildman–Crippen LogP) is 6.87. The van der Waals surface area contributed by atoms with Gasteiger partial charge < -0.3 is 14.3 Å². The molecule has 188 valence electrons. The fraction of sp³-hybridized carbons (Fsp3) is 0.0370. The van der Waals surface area contributed by atoms with Crippen molar-refractivity contribution in [1.82, 2.24) is 4.98 Å². The van der Waals surface area contributed by atoms with E-state index >= 15 is 0 Å². The Balaban J connectivity index is 1.40. The van der Waals surface area contributed by atoms with E-state index in [1.165, 1.54) is 12.1 Å². The number of aromatic hydroxyl groups is 1. The largest absolute Gasteiger partial charge is 0.507 e. The molecule has 0 radical (unpaired) electrons. The third-order valence-corrected chi connectivity index (χ3v) is 5.63. The first-order chi connectivity index (χ1) is 18.3. The summed E-state index contributed by atoms with van der Waals surface area (Å²) in [4.78, 5) is 29.9. The average molecular weight is 510 g/mol. The number of nitro groups is 2. The van der Waals surface area contributed by atoms with Gasteiger partial charge in [0.1, 0.15) is 17.0 Å². The molecule has 0 saturated heterocycles. The second-order valence-electron chi connectivity index (χ2n) is 8.24. The van der Waals surface area contributed by atoms with Crippen LogP contribution in [0.5, 0.6) is 17.2 Å². The third kappa shape index (κ3) is 4.88. The number of phenolic OH excluding ortho intramolecular Hbond substituents is 1. The Kier molecular flexibility index (Phi) is 6.23. The minimum absolute atomic E-state index is 0.00625. The topological polar surface area (TPSA) is 154 Å². The first kappa shape index (κ1) is 24.1. The van der Waals surface area contributed by atoms with Crippen molar-refractivity contribution in [1.29, 1.82) is 0 Å². The molecule has 0 amide bonds. The number of hydrogen-bond donors (Lipinski definition) is 1. The van der Waals surface area contributed by atoms with Crippen LogP contribution in [-0.2, 0) is 0 Å². The zero-order valence-electron chi connectivity index (χ0n) is 19.8. The van der Waals surface area contributed by atoms with Gasteiger partial charge >= 0.3 is 5.69 Å². The Bertz CT molecular complexity index is 1740. The van der Waals surface area contributed by atoms with Crippen LogP contribution in [0.25, 0.3) is 22.6 Å². The molecular formula is C27H18N4O7. The summed E-state index contributed by atoms with van der Waals surface area (Å²) < 4.78 is 11.5. The van der Waals surface area contributed by atoms with Crippen LogP contribution in [0.3, 0.4) is 0 Å². The number of non-ortho nitro benzene ring substituents is 1. The molecule has 5 aromatic rings. The van der Waals surface area contributed by atoms with Crippen molar-refractivity contribution in [2.75, 3.05) is 0 Å². The van der Waals surface area contributed by atoms with Gasteiger partial charge in [0.05, 0.1) is 27.2 Å². The molecule has 0 spiro atoms. The van der Waals surface area contributed by atoms with Gasteiger partial charge in [-0.1, -0.05) is 24.3 Å². The van der Waals surface area contributed by atoms with Gasteiger partial charge in [0.15, 0.2) is 5.58 Å². The molecule has 0 bridgehead atoms. The number of fused-ring (bicyclic) bond motifs is 1. The lowest BCUT2D eigenvalue weighted by molar-refractivity contribution is -0.394. The molecule has 0 aliphatic carbocycles. The zero-order chi connectivity index (χ0) is 26.8. The highest BCUT2D eigenvalue weighted by Crippen LogP contribution is 2.36. The van der Waals surface area contributed by atoms with Crippen molar-refractivity contribution in [3.05, 3.63) is 110 Å². The van der Waals surface area contributed by atoms with Crippen LogP contribution < -0.4 is 4.74 Å². The summed E-state index contributed by atoms with van der Waals surface area (Å²) in [5, 5.41) is 32.7. The fourth-order valence-corrected chi connectivity index (χ4v) is 3.76. The van der Waals surface area contributed by atoms with E-state index < -0.39 is 21.2 Å². The van der Waals surface area contributed by atoms with Gasteiger partial charge in [0.2, 0.25) is 11.6 Å². The van der Waals surface area contributed by atoms with Gasteiger partial charge in [-0.3, -0.25) is 25.2 Å². The normalized spacial score (nSPS) is 11.2. The third-order valence-electron chi connectivity index (χ3n) is 5.63. The smallest absolute Gasteiger partial charge is 0.318 e. The molecule has 0 atom stereocenters. The molecule has 0 aliphatic rings. The van der Waals surface area contributed by atoms with E-state index in [4.69, 9.17) is 9.15 Å². The summed E-state index contributed by atoms with van der Waals surface area (Å²) in [6.07, 6.45) is 1.56. The Morgan fingerprint density at radius 3 is 2.55 bits per heavy atom. The summed E-state index contributed by atoms with van der Waals surface area (Å²) in [7, 11) is 0. The van der Waals surface area contributed by atoms with Crippen molar-refractivity contribution < 1.29 is 24.1 Å². The number of aromatic nitrogens is 1. The average Bonchev–Trinajstić information content (AvgIpc) is 3.34. The summed E-state index contributed by atoms with van der Waals surface area (Å²) in [6.45, 7) is 1.92. The highest BCUT2D eigenvalue weighted by atomic mass is 16.6. The van der Waals surface area contributed by atoms with Crippen molar-refractivity contribution in [2.24, 2.45) is 4.99 Å². The van der Waals surface area contributed by atoms with Gasteiger partial charge in [-0.15, -0.1) is 0 Å². The van der Waals surface area contributed by atoms with Crippen molar-refractivity contribution in [3.8, 4) is 28.7 Å². The van der Waals surface area contributed by atoms with Gasteiger partial charge in [-0.05, 0) is 60.5 Å². The molecule has 5 rings (SSSR count). The Hall–Kier alpha value is -5.58. The number of ether oxygens (including phenoxy) is 1. The molecule has 11 nitrogen and oxygen atoms in total. The van der Waals surface area contributed by atoms with Gasteiger partial charge in [0, 0.05) is 12.3 Å². The lowest BCUT2D eigenvalue weighted by atomic mass is 10.1. The van der Waals surface area contributed by atoms with E-state index in [1.807, 2.05) is 19.1 Å². The Morgan fingerprint density at radius 2 is 1.79 bits per heavy atom. The number of aryl methyl sites for hydroxylation is 1. The number of benzene rings is 4. The minimum atomic E-state index is -0.742. The molecular weight excluding hydrogens is 492 g/mol. The predicted molar refractivity (Wildman–Crippen MR) is 139 cm³/mol. The standard InChI is InChI=1S/C27H18N4O7/c1-16-4-2-7-25-26(16)29-27(38-25)21-13-18(8-10-23(21)32)28-15-17-5-3-6-20(12-17)37-24-11-9-19(30(33)34)14-22(24)31(35)36/h2-15,32H,1H3. The fourth-order valence-electron chi connectivity index (χ4n) is 3.76. The maximum absolute atomic E-state index is 11.4. The van der Waals surface area contributed by atoms with Gasteiger partial charge in [-0.25, -0.2) is 4.98 Å². The van der Waals surface area contributed by atoms with E-state index in [2.05, 4.69) is 9.98 Å². The van der Waals surface area contributed by atoms with Gasteiger partial charge in [0.25, 0.3) is 5.69 Å². The van der Waals surface area contributed by atoms with E-state index in [0.29, 0.717) is 27.9 Å². The molecule has 1 N–H and O–H groups in total. The number of phenols is 1. The number of nitrogens with zero attached hydrogens (tertiary/aromatic N) is 4. The number of rotatable bonds is 7. The number of aliphatic imine (C=N–C) groups is 1. The van der Waals surface area contributed by atoms with Crippen molar-refractivity contribution in [3.63, 3.8) is 0 Å². The van der Waals surface area contributed by atoms with Crippen LogP contribution in [-0.4, -0.2) is 26.2 Å². The zero-order valence-corrected chi connectivity index (χ0v) is 19.8. The number of nitro benzene ring substituents is 2. The maximum Gasteiger partial charge on any atom is 0.318 e. The first-order valence-electron chi connectivity index (χ1n) is 11.2. The maximum atomic E-state index is 11.4. The van der Waals surface area contributed by atoms with Crippen molar-refractivity contribution in [2.45, 2.75) is 6.92 Å². The quantitative estimate of drug-likeness (QED) is 0.141. The molecule has 38 heavy (non-hydrogen) atoms. The second kappa shape index (κ2) is 9.82. The molecule has 0 fully saturated rings. The molecule has 4 aromatic carbocycles. The molecule has 11 heteroatoms. The summed E-state index contributed by atoms with van der Waals surface area (Å²) in [5.74, 6) is 0.405. The lowest BCUT2D eigenvalue weighted by Crippen LogP contribution is -1.96. The Labute approximate surface area is 214 Å². The van der Waals surface area contributed by atoms with E-state index in [0.717, 1.165) is 17.7 Å². The monoisotopic (exact) mass is 510 g/mol. The summed E-state index contributed by atoms with van der Waals surface area (Å²) >= 11 is 0. The van der Waals surface area contributed by atoms with Crippen LogP contribution in [0.2, 0.25) is 0 Å². The Morgan fingerprint density at radius 1 is 0.974 bits per heavy atom. The first-order valence-corrected chi connectivity index (χ1v) is 11.2. The van der Waals surface area contributed by atoms with Crippen LogP contribution in [0.1, 0.15) is 11.1 Å². The van der Waals surface area contributed by atoms with E-state index in [9.17, 15) is 25.3 Å².